The standard InChI is InChI=1S/C12H23NO3/c1-6-15-8-10(14)13-9-7-11(2,3)16-12(9,4)5/h9H,6-8H2,1-5H3,(H,13,14)/t9-/m0/s1. The Balaban J connectivity index is 2.51. The van der Waals surface area contributed by atoms with Crippen LogP contribution in [0.25, 0.3) is 0 Å². The average Bonchev–Trinajstić information content (AvgIpc) is 2.31. The van der Waals surface area contributed by atoms with Crippen LogP contribution in [0.1, 0.15) is 41.0 Å². The molecule has 1 amide bonds. The second-order valence-electron chi connectivity index (χ2n) is 5.43. The number of nitrogens with one attached hydrogen (secondary N) is 1. The smallest absolute Gasteiger partial charge is 0.246 e. The van der Waals surface area contributed by atoms with Gasteiger partial charge in [-0.05, 0) is 41.0 Å². The first-order chi connectivity index (χ1) is 7.27. The van der Waals surface area contributed by atoms with Crippen molar-refractivity contribution in [2.24, 2.45) is 0 Å². The van der Waals surface area contributed by atoms with Crippen molar-refractivity contribution in [3.63, 3.8) is 0 Å². The molecular weight excluding hydrogens is 206 g/mol. The highest BCUT2D eigenvalue weighted by Gasteiger charge is 2.46. The summed E-state index contributed by atoms with van der Waals surface area (Å²) in [5.41, 5.74) is -0.488. The fourth-order valence-electron chi connectivity index (χ4n) is 2.22. The molecule has 4 nitrogen and oxygen atoms in total. The molecule has 1 rings (SSSR count). The lowest BCUT2D eigenvalue weighted by atomic mass is 9.94. The zero-order valence-corrected chi connectivity index (χ0v) is 10.9. The Hall–Kier alpha value is -0.610. The van der Waals surface area contributed by atoms with Crippen LogP contribution in [-0.2, 0) is 14.3 Å². The molecule has 16 heavy (non-hydrogen) atoms. The molecule has 1 aliphatic heterocycles. The van der Waals surface area contributed by atoms with E-state index in [-0.39, 0.29) is 29.8 Å². The molecule has 0 aromatic rings. The van der Waals surface area contributed by atoms with E-state index < -0.39 is 0 Å². The summed E-state index contributed by atoms with van der Waals surface area (Å²) in [5, 5.41) is 2.97. The fourth-order valence-corrected chi connectivity index (χ4v) is 2.22. The Morgan fingerprint density at radius 3 is 2.50 bits per heavy atom. The molecule has 1 heterocycles. The Labute approximate surface area is 97.7 Å². The van der Waals surface area contributed by atoms with Crippen molar-refractivity contribution < 1.29 is 14.3 Å². The molecule has 0 radical (unpaired) electrons. The summed E-state index contributed by atoms with van der Waals surface area (Å²) >= 11 is 0. The van der Waals surface area contributed by atoms with Crippen LogP contribution in [0.15, 0.2) is 0 Å². The van der Waals surface area contributed by atoms with E-state index in [1.165, 1.54) is 0 Å². The molecule has 0 aromatic heterocycles. The number of ether oxygens (including phenoxy) is 2. The quantitative estimate of drug-likeness (QED) is 0.794. The highest BCUT2D eigenvalue weighted by molar-refractivity contribution is 5.77. The molecule has 4 heteroatoms. The van der Waals surface area contributed by atoms with Gasteiger partial charge in [0.1, 0.15) is 6.61 Å². The van der Waals surface area contributed by atoms with Gasteiger partial charge in [-0.3, -0.25) is 4.79 Å². The third-order valence-electron chi connectivity index (χ3n) is 2.85. The Kier molecular flexibility index (Phi) is 3.97. The molecule has 0 saturated carbocycles. The molecule has 0 aromatic carbocycles. The van der Waals surface area contributed by atoms with Crippen LogP contribution in [0.2, 0.25) is 0 Å². The van der Waals surface area contributed by atoms with E-state index in [4.69, 9.17) is 9.47 Å². The van der Waals surface area contributed by atoms with Gasteiger partial charge in [-0.25, -0.2) is 0 Å². The van der Waals surface area contributed by atoms with Crippen molar-refractivity contribution in [1.82, 2.24) is 5.32 Å². The van der Waals surface area contributed by atoms with Gasteiger partial charge in [0.15, 0.2) is 0 Å². The van der Waals surface area contributed by atoms with Crippen LogP contribution in [0.4, 0.5) is 0 Å². The summed E-state index contributed by atoms with van der Waals surface area (Å²) in [7, 11) is 0. The van der Waals surface area contributed by atoms with Gasteiger partial charge in [0, 0.05) is 6.61 Å². The maximum absolute atomic E-state index is 11.6. The molecule has 1 aliphatic rings. The lowest BCUT2D eigenvalue weighted by Gasteiger charge is -2.27. The van der Waals surface area contributed by atoms with Gasteiger partial charge in [0.2, 0.25) is 5.91 Å². The first-order valence-electron chi connectivity index (χ1n) is 5.84. The largest absolute Gasteiger partial charge is 0.372 e. The van der Waals surface area contributed by atoms with Crippen LogP contribution < -0.4 is 5.32 Å². The SMILES string of the molecule is CCOCC(=O)N[C@H]1CC(C)(C)OC1(C)C. The third-order valence-corrected chi connectivity index (χ3v) is 2.85. The monoisotopic (exact) mass is 229 g/mol. The van der Waals surface area contributed by atoms with Gasteiger partial charge in [-0.2, -0.15) is 0 Å². The highest BCUT2D eigenvalue weighted by atomic mass is 16.5. The first-order valence-corrected chi connectivity index (χ1v) is 5.84. The van der Waals surface area contributed by atoms with Crippen molar-refractivity contribution in [1.29, 1.82) is 0 Å². The molecule has 94 valence electrons. The lowest BCUT2D eigenvalue weighted by molar-refractivity contribution is -0.128. The minimum Gasteiger partial charge on any atom is -0.372 e. The number of hydrogen-bond acceptors (Lipinski definition) is 3. The maximum atomic E-state index is 11.6. The van der Waals surface area contributed by atoms with E-state index >= 15 is 0 Å². The van der Waals surface area contributed by atoms with E-state index in [9.17, 15) is 4.79 Å². The van der Waals surface area contributed by atoms with Gasteiger partial charge < -0.3 is 14.8 Å². The van der Waals surface area contributed by atoms with Gasteiger partial charge in [-0.1, -0.05) is 0 Å². The minimum absolute atomic E-state index is 0.0513. The second-order valence-corrected chi connectivity index (χ2v) is 5.43. The summed E-state index contributed by atoms with van der Waals surface area (Å²) in [5.74, 6) is -0.0683. The van der Waals surface area contributed by atoms with Crippen molar-refractivity contribution in [2.75, 3.05) is 13.2 Å². The van der Waals surface area contributed by atoms with E-state index in [0.29, 0.717) is 6.61 Å². The first kappa shape index (κ1) is 13.5. The summed E-state index contributed by atoms with van der Waals surface area (Å²) in [6.45, 7) is 10.7. The van der Waals surface area contributed by atoms with E-state index in [1.807, 2.05) is 34.6 Å². The zero-order valence-electron chi connectivity index (χ0n) is 10.9. The number of carbonyl (C=O) groups is 1. The van der Waals surface area contributed by atoms with Crippen molar-refractivity contribution in [3.8, 4) is 0 Å². The van der Waals surface area contributed by atoms with Gasteiger partial charge in [0.25, 0.3) is 0 Å². The van der Waals surface area contributed by atoms with Crippen LogP contribution in [0.5, 0.6) is 0 Å². The van der Waals surface area contributed by atoms with Crippen molar-refractivity contribution in [2.45, 2.75) is 58.3 Å². The van der Waals surface area contributed by atoms with Gasteiger partial charge in [-0.15, -0.1) is 0 Å². The maximum Gasteiger partial charge on any atom is 0.246 e. The zero-order chi connectivity index (χ0) is 12.4. The minimum atomic E-state index is -0.314. The van der Waals surface area contributed by atoms with Crippen LogP contribution >= 0.6 is 0 Å². The third kappa shape index (κ3) is 3.46. The Morgan fingerprint density at radius 2 is 2.06 bits per heavy atom. The molecule has 1 N–H and O–H groups in total. The summed E-state index contributed by atoms with van der Waals surface area (Å²) < 4.78 is 11.0. The molecule has 1 fully saturated rings. The average molecular weight is 229 g/mol. The fraction of sp³-hybridized carbons (Fsp3) is 0.917. The number of amides is 1. The topological polar surface area (TPSA) is 47.6 Å². The molecule has 0 spiro atoms. The molecule has 0 aliphatic carbocycles. The Morgan fingerprint density at radius 1 is 1.44 bits per heavy atom. The normalized spacial score (nSPS) is 26.7. The molecule has 0 bridgehead atoms. The lowest BCUT2D eigenvalue weighted by Crippen LogP contribution is -2.47. The van der Waals surface area contributed by atoms with Crippen LogP contribution in [0.3, 0.4) is 0 Å². The molecule has 0 unspecified atom stereocenters. The summed E-state index contributed by atoms with van der Waals surface area (Å²) in [6, 6.07) is 0.0513. The predicted molar refractivity (Wildman–Crippen MR) is 62.3 cm³/mol. The number of hydrogen-bond donors (Lipinski definition) is 1. The van der Waals surface area contributed by atoms with Crippen LogP contribution in [0, 0.1) is 0 Å². The summed E-state index contributed by atoms with van der Waals surface area (Å²) in [6.07, 6.45) is 0.831. The molecule has 1 atom stereocenters. The van der Waals surface area contributed by atoms with Crippen LogP contribution in [-0.4, -0.2) is 36.4 Å². The Bertz CT molecular complexity index is 261. The number of carbonyl (C=O) groups excluding carboxylic acids is 1. The van der Waals surface area contributed by atoms with Gasteiger partial charge >= 0.3 is 0 Å². The van der Waals surface area contributed by atoms with Crippen molar-refractivity contribution >= 4 is 5.91 Å². The van der Waals surface area contributed by atoms with E-state index in [1.54, 1.807) is 0 Å². The van der Waals surface area contributed by atoms with Gasteiger partial charge in [0.05, 0.1) is 17.2 Å². The highest BCUT2D eigenvalue weighted by Crippen LogP contribution is 2.37. The van der Waals surface area contributed by atoms with Crippen molar-refractivity contribution in [3.05, 3.63) is 0 Å². The van der Waals surface area contributed by atoms with E-state index in [0.717, 1.165) is 6.42 Å². The second kappa shape index (κ2) is 4.72. The summed E-state index contributed by atoms with van der Waals surface area (Å²) in [4.78, 5) is 11.6. The van der Waals surface area contributed by atoms with E-state index in [2.05, 4.69) is 5.32 Å². The molecule has 1 saturated heterocycles. The number of rotatable bonds is 4. The molecular formula is C12H23NO3. The predicted octanol–water partition coefficient (Wildman–Crippen LogP) is 1.49.